The van der Waals surface area contributed by atoms with E-state index in [2.05, 4.69) is 0 Å². The molecule has 4 fully saturated rings. The van der Waals surface area contributed by atoms with Gasteiger partial charge in [-0.15, -0.1) is 0 Å². The van der Waals surface area contributed by atoms with E-state index in [0.29, 0.717) is 34.8 Å². The van der Waals surface area contributed by atoms with Crippen molar-refractivity contribution < 1.29 is 13.2 Å². The van der Waals surface area contributed by atoms with Gasteiger partial charge in [-0.3, -0.25) is 4.79 Å². The Balaban J connectivity index is 1.54. The molecular formula is C23H32ClNO3S. The Morgan fingerprint density at radius 2 is 1.66 bits per heavy atom. The molecule has 6 heteroatoms. The number of benzene rings is 1. The van der Waals surface area contributed by atoms with Gasteiger partial charge in [0.1, 0.15) is 0 Å². The lowest BCUT2D eigenvalue weighted by Crippen LogP contribution is -2.53. The summed E-state index contributed by atoms with van der Waals surface area (Å²) in [6.07, 6.45) is 6.94. The smallest absolute Gasteiger partial charge is 0.244 e. The van der Waals surface area contributed by atoms with Gasteiger partial charge in [-0.05, 0) is 100 Å². The van der Waals surface area contributed by atoms with E-state index in [1.165, 1.54) is 43.5 Å². The summed E-state index contributed by atoms with van der Waals surface area (Å²) < 4.78 is 27.9. The molecule has 0 radical (unpaired) electrons. The highest BCUT2D eigenvalue weighted by Gasteiger charge is 2.50. The van der Waals surface area contributed by atoms with Crippen LogP contribution in [0.15, 0.2) is 23.1 Å². The maximum absolute atomic E-state index is 13.4. The minimum atomic E-state index is -3.83. The predicted molar refractivity (Wildman–Crippen MR) is 115 cm³/mol. The van der Waals surface area contributed by atoms with Crippen LogP contribution in [0.1, 0.15) is 57.9 Å². The monoisotopic (exact) mass is 437 g/mol. The van der Waals surface area contributed by atoms with Crippen LogP contribution in [0.5, 0.6) is 0 Å². The summed E-state index contributed by atoms with van der Waals surface area (Å²) in [5.74, 6) is 3.50. The van der Waals surface area contributed by atoms with Gasteiger partial charge < -0.3 is 0 Å². The Morgan fingerprint density at radius 3 is 2.21 bits per heavy atom. The molecule has 4 saturated carbocycles. The van der Waals surface area contributed by atoms with Crippen LogP contribution in [-0.4, -0.2) is 31.1 Å². The van der Waals surface area contributed by atoms with E-state index in [4.69, 9.17) is 11.6 Å². The SMILES string of the molecule is Cc1c(Cl)cccc1S(=O)(=O)N(C)C(C)(C)C(=O)CC1C2CC3CC(C2)CC1C3. The van der Waals surface area contributed by atoms with Crippen LogP contribution < -0.4 is 0 Å². The quantitative estimate of drug-likeness (QED) is 0.623. The zero-order chi connectivity index (χ0) is 21.1. The summed E-state index contributed by atoms with van der Waals surface area (Å²) in [6.45, 7) is 5.18. The van der Waals surface area contributed by atoms with Crippen LogP contribution in [0.3, 0.4) is 0 Å². The van der Waals surface area contributed by atoms with Crippen molar-refractivity contribution >= 4 is 27.4 Å². The summed E-state index contributed by atoms with van der Waals surface area (Å²) in [7, 11) is -2.31. The largest absolute Gasteiger partial charge is 0.298 e. The summed E-state index contributed by atoms with van der Waals surface area (Å²) >= 11 is 6.15. The molecule has 0 N–H and O–H groups in total. The van der Waals surface area contributed by atoms with E-state index in [1.54, 1.807) is 39.0 Å². The number of nitrogens with zero attached hydrogens (tertiary/aromatic N) is 1. The Bertz CT molecular complexity index is 896. The predicted octanol–water partition coefficient (Wildman–Crippen LogP) is 5.08. The van der Waals surface area contributed by atoms with Gasteiger partial charge in [0.15, 0.2) is 5.78 Å². The molecule has 0 aromatic heterocycles. The second-order valence-corrected chi connectivity index (χ2v) is 12.5. The Kier molecular flexibility index (Phi) is 5.40. The molecule has 0 saturated heterocycles. The van der Waals surface area contributed by atoms with Gasteiger partial charge >= 0.3 is 0 Å². The van der Waals surface area contributed by atoms with Crippen molar-refractivity contribution in [2.24, 2.45) is 29.6 Å². The number of carbonyl (C=O) groups is 1. The first kappa shape index (κ1) is 21.3. The van der Waals surface area contributed by atoms with Gasteiger partial charge in [0.25, 0.3) is 0 Å². The molecule has 5 rings (SSSR count). The van der Waals surface area contributed by atoms with Gasteiger partial charge in [-0.2, -0.15) is 4.31 Å². The molecule has 0 aliphatic heterocycles. The van der Waals surface area contributed by atoms with E-state index in [0.717, 1.165) is 11.8 Å². The molecule has 29 heavy (non-hydrogen) atoms. The van der Waals surface area contributed by atoms with Crippen molar-refractivity contribution in [2.75, 3.05) is 7.05 Å². The highest BCUT2D eigenvalue weighted by molar-refractivity contribution is 7.89. The topological polar surface area (TPSA) is 54.5 Å². The third-order valence-electron chi connectivity index (χ3n) is 8.17. The van der Waals surface area contributed by atoms with Crippen LogP contribution in [-0.2, 0) is 14.8 Å². The van der Waals surface area contributed by atoms with E-state index >= 15 is 0 Å². The lowest BCUT2D eigenvalue weighted by atomic mass is 9.51. The zero-order valence-electron chi connectivity index (χ0n) is 17.8. The number of ketones is 1. The minimum Gasteiger partial charge on any atom is -0.298 e. The van der Waals surface area contributed by atoms with Crippen molar-refractivity contribution in [1.29, 1.82) is 0 Å². The molecule has 0 atom stereocenters. The number of carbonyl (C=O) groups excluding carboxylic acids is 1. The first-order chi connectivity index (χ1) is 13.5. The minimum absolute atomic E-state index is 0.0285. The maximum Gasteiger partial charge on any atom is 0.244 e. The molecule has 4 nitrogen and oxygen atoms in total. The molecule has 4 aliphatic carbocycles. The van der Waals surface area contributed by atoms with Crippen LogP contribution in [0.2, 0.25) is 5.02 Å². The summed E-state index contributed by atoms with van der Waals surface area (Å²) in [5, 5.41) is 0.414. The average Bonchev–Trinajstić information content (AvgIpc) is 2.65. The average molecular weight is 438 g/mol. The van der Waals surface area contributed by atoms with Crippen LogP contribution in [0.25, 0.3) is 0 Å². The maximum atomic E-state index is 13.4. The van der Waals surface area contributed by atoms with Crippen LogP contribution in [0.4, 0.5) is 0 Å². The Labute approximate surface area is 180 Å². The number of likely N-dealkylation sites (N-methyl/N-ethyl adjacent to an activating group) is 1. The molecule has 0 amide bonds. The fourth-order valence-corrected chi connectivity index (χ4v) is 8.30. The summed E-state index contributed by atoms with van der Waals surface area (Å²) in [6, 6.07) is 4.88. The number of halogens is 1. The van der Waals surface area contributed by atoms with Crippen molar-refractivity contribution in [3.05, 3.63) is 28.8 Å². The van der Waals surface area contributed by atoms with Crippen molar-refractivity contribution in [3.63, 3.8) is 0 Å². The fraction of sp³-hybridized carbons (Fsp3) is 0.696. The summed E-state index contributed by atoms with van der Waals surface area (Å²) in [4.78, 5) is 13.6. The molecule has 160 valence electrons. The fourth-order valence-electron chi connectivity index (χ4n) is 6.33. The van der Waals surface area contributed by atoms with Gasteiger partial charge in [-0.25, -0.2) is 8.42 Å². The molecule has 1 aromatic carbocycles. The van der Waals surface area contributed by atoms with Crippen LogP contribution in [0, 0.1) is 36.5 Å². The molecule has 0 heterocycles. The van der Waals surface area contributed by atoms with E-state index < -0.39 is 15.6 Å². The second kappa shape index (κ2) is 7.35. The number of Topliss-reactive ketones (excluding diaryl/α,β-unsaturated/α-hetero) is 1. The lowest BCUT2D eigenvalue weighted by molar-refractivity contribution is -0.131. The molecular weight excluding hydrogens is 406 g/mol. The van der Waals surface area contributed by atoms with E-state index in [-0.39, 0.29) is 10.7 Å². The van der Waals surface area contributed by atoms with Crippen molar-refractivity contribution in [3.8, 4) is 0 Å². The highest BCUT2D eigenvalue weighted by atomic mass is 35.5. The van der Waals surface area contributed by atoms with E-state index in [1.807, 2.05) is 0 Å². The molecule has 4 aliphatic rings. The lowest BCUT2D eigenvalue weighted by Gasteiger charge is -2.54. The van der Waals surface area contributed by atoms with Gasteiger partial charge in [0.05, 0.1) is 10.4 Å². The number of hydrogen-bond acceptors (Lipinski definition) is 3. The normalized spacial score (nSPS) is 31.4. The standard InChI is InChI=1S/C23H32ClNO3S/c1-14-20(24)6-5-7-21(14)29(27,28)25(4)23(2,3)22(26)13-19-17-9-15-8-16(11-17)12-18(19)10-15/h5-7,15-19H,8-13H2,1-4H3. The van der Waals surface area contributed by atoms with Crippen LogP contribution >= 0.6 is 11.6 Å². The zero-order valence-corrected chi connectivity index (χ0v) is 19.4. The molecule has 0 unspecified atom stereocenters. The van der Waals surface area contributed by atoms with Gasteiger partial charge in [0, 0.05) is 18.5 Å². The van der Waals surface area contributed by atoms with Crippen molar-refractivity contribution in [2.45, 2.75) is 69.7 Å². The Morgan fingerprint density at radius 1 is 1.10 bits per heavy atom. The Hall–Kier alpha value is -0.910. The number of hydrogen-bond donors (Lipinski definition) is 0. The third-order valence-corrected chi connectivity index (χ3v) is 10.8. The number of sulfonamides is 1. The molecule has 0 spiro atoms. The number of rotatable bonds is 6. The first-order valence-corrected chi connectivity index (χ1v) is 12.6. The third kappa shape index (κ3) is 3.57. The van der Waals surface area contributed by atoms with Gasteiger partial charge in [0.2, 0.25) is 10.0 Å². The second-order valence-electron chi connectivity index (χ2n) is 10.1. The molecule has 4 bridgehead atoms. The van der Waals surface area contributed by atoms with E-state index in [9.17, 15) is 13.2 Å². The highest BCUT2D eigenvalue weighted by Crippen LogP contribution is 2.57. The van der Waals surface area contributed by atoms with Gasteiger partial charge in [-0.1, -0.05) is 17.7 Å². The first-order valence-electron chi connectivity index (χ1n) is 10.8. The van der Waals surface area contributed by atoms with Crippen molar-refractivity contribution in [1.82, 2.24) is 4.31 Å². The molecule has 1 aromatic rings. The summed E-state index contributed by atoms with van der Waals surface area (Å²) in [5.41, 5.74) is -0.576.